The predicted molar refractivity (Wildman–Crippen MR) is 184 cm³/mol. The van der Waals surface area contributed by atoms with Crippen LogP contribution in [0, 0.1) is 0 Å². The SMILES string of the molecule is Cl.[N-]=[N+]=NCCCCCCCCCCCCOCCCc1ccc[n+](CCCCCCCCOCCCc2cccnc2)c1. The minimum atomic E-state index is 0. The maximum Gasteiger partial charge on any atom is 0.171 e. The van der Waals surface area contributed by atoms with Gasteiger partial charge in [-0.15, -0.1) is 12.4 Å². The standard InChI is InChI=1S/C36H60N5O2.ClH/c37-40-39-26-13-9-5-3-1-2-4-7-11-15-30-43-32-20-24-36-22-18-28-41(34-36)27-14-10-6-8-12-16-29-42-31-19-23-35-21-17-25-38-33-35;/h17-18,21-22,25,28,33-34H,1-16,19-20,23-24,26-27,29-32H2;1H/q+1;. The molecule has 0 spiro atoms. The quantitative estimate of drug-likeness (QED) is 0.0283. The van der Waals surface area contributed by atoms with Gasteiger partial charge in [-0.3, -0.25) is 4.98 Å². The molecule has 44 heavy (non-hydrogen) atoms. The summed E-state index contributed by atoms with van der Waals surface area (Å²) in [5, 5.41) is 3.58. The molecule has 7 nitrogen and oxygen atoms in total. The van der Waals surface area contributed by atoms with Crippen molar-refractivity contribution in [2.24, 2.45) is 5.11 Å². The summed E-state index contributed by atoms with van der Waals surface area (Å²) in [6.07, 6.45) is 32.9. The van der Waals surface area contributed by atoms with Crippen molar-refractivity contribution in [3.05, 3.63) is 70.6 Å². The highest BCUT2D eigenvalue weighted by molar-refractivity contribution is 5.85. The largest absolute Gasteiger partial charge is 0.381 e. The Morgan fingerprint density at radius 1 is 0.636 bits per heavy atom. The second kappa shape index (κ2) is 30.8. The van der Waals surface area contributed by atoms with Gasteiger partial charge >= 0.3 is 0 Å². The van der Waals surface area contributed by atoms with Crippen LogP contribution >= 0.6 is 12.4 Å². The van der Waals surface area contributed by atoms with Crippen molar-refractivity contribution in [3.63, 3.8) is 0 Å². The lowest BCUT2D eigenvalue weighted by atomic mass is 10.1. The Balaban J connectivity index is 0.00000968. The van der Waals surface area contributed by atoms with Gasteiger partial charge in [-0.05, 0) is 74.6 Å². The number of ether oxygens (including phenoxy) is 2. The Kier molecular flexibility index (Phi) is 27.9. The van der Waals surface area contributed by atoms with Gasteiger partial charge in [0.15, 0.2) is 12.4 Å². The summed E-state index contributed by atoms with van der Waals surface area (Å²) in [6.45, 7) is 5.28. The second-order valence-electron chi connectivity index (χ2n) is 11.9. The molecule has 0 fully saturated rings. The van der Waals surface area contributed by atoms with Gasteiger partial charge in [-0.25, -0.2) is 4.57 Å². The normalized spacial score (nSPS) is 10.8. The van der Waals surface area contributed by atoms with Gasteiger partial charge in [-0.2, -0.15) is 0 Å². The van der Waals surface area contributed by atoms with Crippen molar-refractivity contribution in [2.45, 2.75) is 135 Å². The molecule has 0 aliphatic carbocycles. The first kappa shape index (κ1) is 39.8. The van der Waals surface area contributed by atoms with E-state index in [-0.39, 0.29) is 12.4 Å². The van der Waals surface area contributed by atoms with Crippen LogP contribution in [0.15, 0.2) is 54.2 Å². The monoisotopic (exact) mass is 630 g/mol. The third kappa shape index (κ3) is 24.2. The first-order chi connectivity index (χ1) is 21.4. The Labute approximate surface area is 274 Å². The fourth-order valence-corrected chi connectivity index (χ4v) is 5.42. The smallest absolute Gasteiger partial charge is 0.171 e. The summed E-state index contributed by atoms with van der Waals surface area (Å²) < 4.78 is 14.1. The minimum absolute atomic E-state index is 0. The fourth-order valence-electron chi connectivity index (χ4n) is 5.42. The molecule has 2 aromatic rings. The Hall–Kier alpha value is -2.18. The van der Waals surface area contributed by atoms with Crippen LogP contribution in [-0.4, -0.2) is 38.0 Å². The lowest BCUT2D eigenvalue weighted by Crippen LogP contribution is -2.33. The molecule has 0 radical (unpaired) electrons. The van der Waals surface area contributed by atoms with Gasteiger partial charge in [0.2, 0.25) is 0 Å². The molecular formula is C36H61ClN5O2+. The zero-order chi connectivity index (χ0) is 30.3. The van der Waals surface area contributed by atoms with Crippen molar-refractivity contribution < 1.29 is 14.0 Å². The number of hydrogen-bond acceptors (Lipinski definition) is 4. The molecule has 0 amide bonds. The third-order valence-electron chi connectivity index (χ3n) is 7.97. The van der Waals surface area contributed by atoms with Gasteiger partial charge in [0.25, 0.3) is 0 Å². The van der Waals surface area contributed by atoms with Gasteiger partial charge < -0.3 is 9.47 Å². The van der Waals surface area contributed by atoms with Crippen LogP contribution in [0.3, 0.4) is 0 Å². The molecule has 2 rings (SSSR count). The molecule has 0 aliphatic heterocycles. The molecule has 2 aromatic heterocycles. The Morgan fingerprint density at radius 2 is 1.16 bits per heavy atom. The summed E-state index contributed by atoms with van der Waals surface area (Å²) in [7, 11) is 0. The van der Waals surface area contributed by atoms with E-state index in [1.807, 2.05) is 18.5 Å². The number of halogens is 1. The van der Waals surface area contributed by atoms with Crippen LogP contribution in [0.25, 0.3) is 10.4 Å². The van der Waals surface area contributed by atoms with Gasteiger partial charge in [0.05, 0.1) is 0 Å². The topological polar surface area (TPSA) is 84.0 Å². The van der Waals surface area contributed by atoms with Crippen LogP contribution in [0.2, 0.25) is 0 Å². The Bertz CT molecular complexity index is 943. The molecule has 0 bridgehead atoms. The van der Waals surface area contributed by atoms with Gasteiger partial charge in [0.1, 0.15) is 6.54 Å². The van der Waals surface area contributed by atoms with E-state index < -0.39 is 0 Å². The lowest BCUT2D eigenvalue weighted by molar-refractivity contribution is -0.697. The molecule has 0 saturated heterocycles. The molecule has 2 heterocycles. The van der Waals surface area contributed by atoms with E-state index in [1.165, 1.54) is 107 Å². The second-order valence-corrected chi connectivity index (χ2v) is 11.9. The first-order valence-corrected chi connectivity index (χ1v) is 17.4. The summed E-state index contributed by atoms with van der Waals surface area (Å²) in [5.41, 5.74) is 11.0. The maximum atomic E-state index is 8.26. The van der Waals surface area contributed by atoms with Crippen LogP contribution < -0.4 is 4.57 Å². The van der Waals surface area contributed by atoms with Crippen LogP contribution in [-0.2, 0) is 28.9 Å². The third-order valence-corrected chi connectivity index (χ3v) is 7.97. The molecule has 0 atom stereocenters. The van der Waals surface area contributed by atoms with Crippen molar-refractivity contribution >= 4 is 12.4 Å². The minimum Gasteiger partial charge on any atom is -0.381 e. The zero-order valence-electron chi connectivity index (χ0n) is 27.5. The molecule has 248 valence electrons. The fraction of sp³-hybridized carbons (Fsp3) is 0.722. The van der Waals surface area contributed by atoms with Crippen LogP contribution in [0.5, 0.6) is 0 Å². The summed E-state index contributed by atoms with van der Waals surface area (Å²) in [5.74, 6) is 0. The summed E-state index contributed by atoms with van der Waals surface area (Å²) in [4.78, 5) is 6.96. The highest BCUT2D eigenvalue weighted by Crippen LogP contribution is 2.11. The van der Waals surface area contributed by atoms with Crippen LogP contribution in [0.1, 0.15) is 127 Å². The Morgan fingerprint density at radius 3 is 1.75 bits per heavy atom. The molecule has 0 aromatic carbocycles. The summed E-state index contributed by atoms with van der Waals surface area (Å²) >= 11 is 0. The molecule has 0 N–H and O–H groups in total. The molecule has 0 saturated carbocycles. The number of rotatable bonds is 30. The number of pyridine rings is 2. The summed E-state index contributed by atoms with van der Waals surface area (Å²) in [6, 6.07) is 8.58. The molecule has 0 unspecified atom stereocenters. The maximum absolute atomic E-state index is 8.26. The number of aryl methyl sites for hydroxylation is 3. The van der Waals surface area contributed by atoms with E-state index >= 15 is 0 Å². The van der Waals surface area contributed by atoms with E-state index in [9.17, 15) is 0 Å². The number of azide groups is 1. The van der Waals surface area contributed by atoms with Crippen molar-refractivity contribution in [2.75, 3.05) is 33.0 Å². The first-order valence-electron chi connectivity index (χ1n) is 17.4. The lowest BCUT2D eigenvalue weighted by Gasteiger charge is -2.05. The average molecular weight is 631 g/mol. The number of aromatic nitrogens is 2. The highest BCUT2D eigenvalue weighted by atomic mass is 35.5. The predicted octanol–water partition coefficient (Wildman–Crippen LogP) is 9.94. The van der Waals surface area contributed by atoms with E-state index in [2.05, 4.69) is 50.2 Å². The highest BCUT2D eigenvalue weighted by Gasteiger charge is 2.04. The molecular weight excluding hydrogens is 570 g/mol. The van der Waals surface area contributed by atoms with Crippen molar-refractivity contribution in [1.82, 2.24) is 4.98 Å². The van der Waals surface area contributed by atoms with Crippen molar-refractivity contribution in [3.8, 4) is 0 Å². The van der Waals surface area contributed by atoms with Crippen LogP contribution in [0.4, 0.5) is 0 Å². The van der Waals surface area contributed by atoms with E-state index in [0.29, 0.717) is 6.54 Å². The van der Waals surface area contributed by atoms with Gasteiger partial charge in [0, 0.05) is 68.3 Å². The number of hydrogen-bond donors (Lipinski definition) is 0. The van der Waals surface area contributed by atoms with E-state index in [1.54, 1.807) is 0 Å². The van der Waals surface area contributed by atoms with E-state index in [4.69, 9.17) is 15.0 Å². The molecule has 0 aliphatic rings. The zero-order valence-corrected chi connectivity index (χ0v) is 28.3. The van der Waals surface area contributed by atoms with Crippen molar-refractivity contribution in [1.29, 1.82) is 0 Å². The molecule has 8 heteroatoms. The average Bonchev–Trinajstić information content (AvgIpc) is 3.04. The van der Waals surface area contributed by atoms with E-state index in [0.717, 1.165) is 65.1 Å². The number of unbranched alkanes of at least 4 members (excludes halogenated alkanes) is 14. The number of nitrogens with zero attached hydrogens (tertiary/aromatic N) is 5. The van der Waals surface area contributed by atoms with Gasteiger partial charge in [-0.1, -0.05) is 81.8 Å².